The molecule has 428 valence electrons. The molecule has 3 aromatic rings. The molecule has 0 radical (unpaired) electrons. The first-order valence-corrected chi connectivity index (χ1v) is 28.1. The number of aromatic hydroxyl groups is 2. The van der Waals surface area contributed by atoms with E-state index in [0.29, 0.717) is 51.0 Å². The molecule has 0 saturated carbocycles. The number of nitrogens with zero attached hydrogens (tertiary/aromatic N) is 5. The molecular weight excluding hydrogens is 1010 g/mol. The number of benzene rings is 3. The molecular formula is C61H82N6O12. The van der Waals surface area contributed by atoms with E-state index in [1.165, 1.54) is 20.3 Å². The number of rotatable bonds is 10. The van der Waals surface area contributed by atoms with Gasteiger partial charge < -0.3 is 59.4 Å². The number of carbonyl (C=O) groups is 4. The molecule has 6 aliphatic rings. The lowest BCUT2D eigenvalue weighted by Gasteiger charge is -2.38. The number of hydrogen-bond donors (Lipinski definition) is 5. The van der Waals surface area contributed by atoms with Crippen LogP contribution in [0.5, 0.6) is 17.2 Å². The molecule has 18 nitrogen and oxygen atoms in total. The lowest BCUT2D eigenvalue weighted by molar-refractivity contribution is -0.163. The Morgan fingerprint density at radius 1 is 0.886 bits per heavy atom. The summed E-state index contributed by atoms with van der Waals surface area (Å²) in [6.45, 7) is 19.5. The van der Waals surface area contributed by atoms with Gasteiger partial charge in [0.2, 0.25) is 5.91 Å². The van der Waals surface area contributed by atoms with E-state index in [-0.39, 0.29) is 80.5 Å². The van der Waals surface area contributed by atoms with Crippen LogP contribution in [0.25, 0.3) is 10.8 Å². The summed E-state index contributed by atoms with van der Waals surface area (Å²) in [4.78, 5) is 73.3. The zero-order valence-electron chi connectivity index (χ0n) is 47.8. The van der Waals surface area contributed by atoms with Crippen molar-refractivity contribution in [3.63, 3.8) is 0 Å². The Kier molecular flexibility index (Phi) is 18.0. The number of Topliss-reactive ketones (excluding diaryl/α,β-unsaturated/α-hetero) is 1. The van der Waals surface area contributed by atoms with Gasteiger partial charge in [-0.05, 0) is 57.2 Å². The highest BCUT2D eigenvalue weighted by atomic mass is 16.7. The number of esters is 1. The molecule has 3 aromatic carbocycles. The van der Waals surface area contributed by atoms with Gasteiger partial charge in [-0.3, -0.25) is 29.2 Å². The first-order chi connectivity index (χ1) is 37.5. The highest BCUT2D eigenvalue weighted by molar-refractivity contribution is 6.19. The number of allylic oxidation sites excluding steroid dienone is 2. The number of aliphatic hydroxyl groups is 2. The van der Waals surface area contributed by atoms with Crippen molar-refractivity contribution in [2.75, 3.05) is 57.1 Å². The number of nitrogens with one attached hydrogen (secondary N) is 1. The molecule has 5 N–H and O–H groups in total. The fourth-order valence-electron chi connectivity index (χ4n) is 12.1. The number of fused-ring (bicyclic) bond motifs is 13. The predicted molar refractivity (Wildman–Crippen MR) is 300 cm³/mol. The van der Waals surface area contributed by atoms with Crippen LogP contribution in [-0.4, -0.2) is 143 Å². The average molecular weight is 1090 g/mol. The molecule has 79 heavy (non-hydrogen) atoms. The predicted octanol–water partition coefficient (Wildman–Crippen LogP) is 7.03. The highest BCUT2D eigenvalue weighted by Crippen LogP contribution is 2.50. The third kappa shape index (κ3) is 12.1. The number of ketones is 1. The van der Waals surface area contributed by atoms with E-state index >= 15 is 0 Å². The minimum atomic E-state index is -2.01. The van der Waals surface area contributed by atoms with Gasteiger partial charge in [0.05, 0.1) is 40.9 Å². The Hall–Kier alpha value is -6.34. The van der Waals surface area contributed by atoms with Crippen molar-refractivity contribution in [3.8, 4) is 17.2 Å². The quantitative estimate of drug-likeness (QED) is 0.101. The van der Waals surface area contributed by atoms with Crippen molar-refractivity contribution in [3.05, 3.63) is 88.3 Å². The zero-order valence-corrected chi connectivity index (χ0v) is 47.8. The molecule has 2 fully saturated rings. The molecule has 9 atom stereocenters. The van der Waals surface area contributed by atoms with E-state index in [1.54, 1.807) is 65.8 Å². The number of phenols is 2. The van der Waals surface area contributed by atoms with Gasteiger partial charge in [0.25, 0.3) is 11.7 Å². The summed E-state index contributed by atoms with van der Waals surface area (Å²) in [6, 6.07) is 10.5. The summed E-state index contributed by atoms with van der Waals surface area (Å²) in [6.07, 6.45) is 6.67. The van der Waals surface area contributed by atoms with Crippen LogP contribution in [0, 0.1) is 36.5 Å². The number of phenolic OH excluding ortho intramolecular Hbond substituents is 2. The van der Waals surface area contributed by atoms with E-state index in [9.17, 15) is 39.6 Å². The Labute approximate surface area is 463 Å². The Morgan fingerprint density at radius 2 is 1.56 bits per heavy atom. The summed E-state index contributed by atoms with van der Waals surface area (Å²) in [5.41, 5.74) is 0.467. The molecule has 9 rings (SSSR count). The average Bonchev–Trinajstić information content (AvgIpc) is 3.64. The van der Waals surface area contributed by atoms with Gasteiger partial charge in [0, 0.05) is 131 Å². The maximum Gasteiger partial charge on any atom is 0.312 e. The summed E-state index contributed by atoms with van der Waals surface area (Å²) in [7, 11) is 3.55. The number of carbonyl (C=O) groups excluding carboxylic acids is 4. The van der Waals surface area contributed by atoms with Gasteiger partial charge in [-0.1, -0.05) is 78.0 Å². The standard InChI is InChI=1S/C61H82N6O12/c1-34(2)33-66-30-26-61(27-31-66)63-49-46-47-54(72)40(8)57-48(46)58(74)60(9,79-57)77-32-25-43(76-11)37(5)56(78-45(69)22-16-21-44(68)67-28-23-42(24-29-67)65(10)41-19-13-12-14-20-41)39(7)53(71)38(6)52(70)35(3)17-15-18-36(4)59(75)62-51(55(47)73)50(49)64-61/h12-15,17-20,25,32,34-35,37-39,42-43,52-53,56,70-73H,16,21-24,26-31,33H2,1-11H3,(H,62,75)/b17-15+,32-25+,36-18-/t35-,37+,38+,39+,43-,52-,53+,56+,60?/m0/s1. The summed E-state index contributed by atoms with van der Waals surface area (Å²) < 4.78 is 24.9. The van der Waals surface area contributed by atoms with Crippen molar-refractivity contribution >= 4 is 45.7 Å². The number of aliphatic hydroxyl groups excluding tert-OH is 2. The maximum atomic E-state index is 15.0. The molecule has 2 saturated heterocycles. The molecule has 6 heterocycles. The molecule has 18 heteroatoms. The van der Waals surface area contributed by atoms with Gasteiger partial charge in [0.15, 0.2) is 11.4 Å². The largest absolute Gasteiger partial charge is 0.507 e. The van der Waals surface area contributed by atoms with Crippen LogP contribution in [0.2, 0.25) is 0 Å². The van der Waals surface area contributed by atoms with Crippen molar-refractivity contribution in [1.29, 1.82) is 0 Å². The van der Waals surface area contributed by atoms with Gasteiger partial charge >= 0.3 is 11.8 Å². The number of amides is 2. The molecule has 0 aromatic heterocycles. The van der Waals surface area contributed by atoms with Crippen LogP contribution < -0.4 is 25.7 Å². The first-order valence-electron chi connectivity index (χ1n) is 28.1. The monoisotopic (exact) mass is 1090 g/mol. The lowest BCUT2D eigenvalue weighted by Crippen LogP contribution is -2.46. The van der Waals surface area contributed by atoms with Crippen molar-refractivity contribution in [2.24, 2.45) is 39.6 Å². The van der Waals surface area contributed by atoms with E-state index in [2.05, 4.69) is 48.1 Å². The normalized spacial score (nSPS) is 29.2. The van der Waals surface area contributed by atoms with Gasteiger partial charge in [-0.15, -0.1) is 0 Å². The van der Waals surface area contributed by atoms with Crippen molar-refractivity contribution in [2.45, 2.75) is 149 Å². The Bertz CT molecular complexity index is 3000. The van der Waals surface area contributed by atoms with Gasteiger partial charge in [0.1, 0.15) is 28.6 Å². The van der Waals surface area contributed by atoms with Gasteiger partial charge in [-0.2, -0.15) is 0 Å². The van der Waals surface area contributed by atoms with E-state index in [4.69, 9.17) is 28.9 Å². The number of methoxy groups -OCH3 is 1. The van der Waals surface area contributed by atoms with Crippen LogP contribution in [-0.2, 0) is 28.6 Å². The fourth-order valence-corrected chi connectivity index (χ4v) is 12.1. The fraction of sp³-hybridized carbons (Fsp3) is 0.574. The van der Waals surface area contributed by atoms with Gasteiger partial charge in [-0.25, -0.2) is 0 Å². The summed E-state index contributed by atoms with van der Waals surface area (Å²) in [5, 5.41) is 51.2. The van der Waals surface area contributed by atoms with Crippen LogP contribution in [0.3, 0.4) is 0 Å². The Morgan fingerprint density at radius 3 is 2.22 bits per heavy atom. The minimum Gasteiger partial charge on any atom is -0.507 e. The van der Waals surface area contributed by atoms with E-state index in [0.717, 1.165) is 25.1 Å². The first kappa shape index (κ1) is 58.8. The van der Waals surface area contributed by atoms with E-state index < -0.39 is 82.9 Å². The second kappa shape index (κ2) is 24.2. The van der Waals surface area contributed by atoms with Crippen LogP contribution in [0.15, 0.2) is 76.5 Å². The minimum absolute atomic E-state index is 0.0179. The highest BCUT2D eigenvalue weighted by Gasteiger charge is 2.50. The number of hydrogen-bond acceptors (Lipinski definition) is 16. The van der Waals surface area contributed by atoms with E-state index in [1.807, 2.05) is 23.1 Å². The SMILES string of the molecule is CO[C@H]1/C=C/OC2(C)Oc3c(C)c(O)c4c(O)c(c5c(c4c3C2=O)=NC2(CCN(CC(C)C)CC2)N=5)NC(=O)/C(C)=C\C=C\[C@H](C)[C@H](O)[C@@H](C)[C@@H](O)[C@@H](C)[C@H](OC(=O)CCCC(=O)N2CCC(N(C)c3ccccc3)CC2)[C@@H]1C. The summed E-state index contributed by atoms with van der Waals surface area (Å²) in [5.74, 6) is -6.95. The number of likely N-dealkylation sites (tertiary alicyclic amines) is 2. The Balaban J connectivity index is 1.09. The second-order valence-corrected chi connectivity index (χ2v) is 23.2. The number of para-hydroxylation sites is 1. The van der Waals surface area contributed by atoms with Crippen molar-refractivity contribution in [1.82, 2.24) is 9.80 Å². The molecule has 2 amide bonds. The van der Waals surface area contributed by atoms with Crippen LogP contribution in [0.4, 0.5) is 11.4 Å². The lowest BCUT2D eigenvalue weighted by atomic mass is 9.78. The van der Waals surface area contributed by atoms with Crippen molar-refractivity contribution < 1.29 is 58.6 Å². The molecule has 6 aliphatic heterocycles. The van der Waals surface area contributed by atoms with Crippen LogP contribution >= 0.6 is 0 Å². The zero-order chi connectivity index (χ0) is 57.2. The topological polar surface area (TPSA) is 233 Å². The number of ether oxygens (including phenoxy) is 4. The molecule has 5 bridgehead atoms. The molecule has 0 aliphatic carbocycles. The second-order valence-electron chi connectivity index (χ2n) is 23.2. The smallest absolute Gasteiger partial charge is 0.312 e. The number of piperidine rings is 2. The van der Waals surface area contributed by atoms with Crippen LogP contribution in [0.1, 0.15) is 116 Å². The molecule has 1 spiro atoms. The maximum absolute atomic E-state index is 15.0. The third-order valence-corrected chi connectivity index (χ3v) is 17.2. The number of anilines is 2. The third-order valence-electron chi connectivity index (χ3n) is 17.2. The molecule has 1 unspecified atom stereocenters. The summed E-state index contributed by atoms with van der Waals surface area (Å²) >= 11 is 0.